The summed E-state index contributed by atoms with van der Waals surface area (Å²) in [4.78, 5) is 16.6. The Hall–Kier alpha value is -2.87. The second-order valence-corrected chi connectivity index (χ2v) is 8.59. The lowest BCUT2D eigenvalue weighted by Crippen LogP contribution is -2.49. The first-order chi connectivity index (χ1) is 16.4. The molecule has 1 amide bonds. The van der Waals surface area contributed by atoms with E-state index in [2.05, 4.69) is 4.90 Å². The van der Waals surface area contributed by atoms with Crippen molar-refractivity contribution in [2.45, 2.75) is 12.7 Å². The molecule has 4 rings (SSSR count). The molecule has 0 N–H and O–H groups in total. The molecule has 1 atom stereocenters. The molecular formula is C26H24ClF3N2O2. The van der Waals surface area contributed by atoms with Crippen LogP contribution in [0.15, 0.2) is 66.7 Å². The van der Waals surface area contributed by atoms with Crippen LogP contribution in [-0.2, 0) is 11.3 Å². The molecule has 0 radical (unpaired) electrons. The number of halogens is 4. The molecule has 0 saturated carbocycles. The van der Waals surface area contributed by atoms with Gasteiger partial charge in [0.15, 0.2) is 0 Å². The highest BCUT2D eigenvalue weighted by atomic mass is 35.5. The van der Waals surface area contributed by atoms with Gasteiger partial charge in [-0.2, -0.15) is 0 Å². The molecule has 178 valence electrons. The van der Waals surface area contributed by atoms with Crippen LogP contribution >= 0.6 is 11.6 Å². The van der Waals surface area contributed by atoms with Crippen LogP contribution in [0.2, 0.25) is 5.02 Å². The summed E-state index contributed by atoms with van der Waals surface area (Å²) in [6.45, 7) is 2.49. The van der Waals surface area contributed by atoms with Gasteiger partial charge in [0.25, 0.3) is 5.91 Å². The molecule has 1 saturated heterocycles. The summed E-state index contributed by atoms with van der Waals surface area (Å²) in [5, 5.41) is 0.579. The number of piperazine rings is 1. The van der Waals surface area contributed by atoms with E-state index >= 15 is 0 Å². The molecule has 0 aliphatic carbocycles. The fourth-order valence-corrected chi connectivity index (χ4v) is 4.05. The van der Waals surface area contributed by atoms with Crippen molar-refractivity contribution in [3.8, 4) is 0 Å². The SMILES string of the molecule is O=C(c1ccc(F)cc1)N1CCN(C[C@@H](OCc2c(F)cccc2F)c2ccc(Cl)cc2)CC1. The number of ether oxygens (including phenoxy) is 1. The molecule has 4 nitrogen and oxygen atoms in total. The first-order valence-electron chi connectivity index (χ1n) is 11.0. The van der Waals surface area contributed by atoms with Crippen LogP contribution in [0.1, 0.15) is 27.6 Å². The van der Waals surface area contributed by atoms with E-state index in [9.17, 15) is 18.0 Å². The van der Waals surface area contributed by atoms with Crippen molar-refractivity contribution >= 4 is 17.5 Å². The van der Waals surface area contributed by atoms with Crippen molar-refractivity contribution in [2.75, 3.05) is 32.7 Å². The van der Waals surface area contributed by atoms with Crippen LogP contribution in [0.5, 0.6) is 0 Å². The second kappa shape index (κ2) is 11.0. The number of hydrogen-bond acceptors (Lipinski definition) is 3. The maximum Gasteiger partial charge on any atom is 0.253 e. The van der Waals surface area contributed by atoms with Crippen LogP contribution in [-0.4, -0.2) is 48.4 Å². The van der Waals surface area contributed by atoms with Crippen LogP contribution in [0.25, 0.3) is 0 Å². The summed E-state index contributed by atoms with van der Waals surface area (Å²) in [5.74, 6) is -1.82. The standard InChI is InChI=1S/C26H24ClF3N2O2/c27-20-8-4-18(5-9-20)25(34-17-22-23(29)2-1-3-24(22)30)16-31-12-14-32(15-13-31)26(33)19-6-10-21(28)11-7-19/h1-11,25H,12-17H2/t25-/m1/s1. The Kier molecular flexibility index (Phi) is 7.88. The van der Waals surface area contributed by atoms with E-state index in [0.717, 1.165) is 5.56 Å². The van der Waals surface area contributed by atoms with Gasteiger partial charge in [0.05, 0.1) is 12.7 Å². The molecule has 1 fully saturated rings. The lowest BCUT2D eigenvalue weighted by molar-refractivity contribution is 0.00145. The summed E-state index contributed by atoms with van der Waals surface area (Å²) in [5.41, 5.74) is 1.17. The van der Waals surface area contributed by atoms with Gasteiger partial charge in [-0.05, 0) is 54.1 Å². The number of rotatable bonds is 7. The average molecular weight is 489 g/mol. The summed E-state index contributed by atoms with van der Waals surface area (Å²) in [6, 6.07) is 16.4. The molecule has 34 heavy (non-hydrogen) atoms. The molecular weight excluding hydrogens is 465 g/mol. The summed E-state index contributed by atoms with van der Waals surface area (Å²) >= 11 is 6.02. The number of carbonyl (C=O) groups is 1. The van der Waals surface area contributed by atoms with Crippen molar-refractivity contribution in [1.29, 1.82) is 0 Å². The van der Waals surface area contributed by atoms with Crippen LogP contribution in [0, 0.1) is 17.5 Å². The van der Waals surface area contributed by atoms with E-state index in [1.54, 1.807) is 17.0 Å². The third kappa shape index (κ3) is 5.97. The van der Waals surface area contributed by atoms with E-state index in [4.69, 9.17) is 16.3 Å². The number of carbonyl (C=O) groups excluding carboxylic acids is 1. The van der Waals surface area contributed by atoms with Crippen molar-refractivity contribution in [3.63, 3.8) is 0 Å². The van der Waals surface area contributed by atoms with Gasteiger partial charge in [0.1, 0.15) is 17.5 Å². The lowest BCUT2D eigenvalue weighted by Gasteiger charge is -2.36. The zero-order valence-corrected chi connectivity index (χ0v) is 19.1. The maximum absolute atomic E-state index is 14.1. The normalized spacial score (nSPS) is 15.4. The average Bonchev–Trinajstić information content (AvgIpc) is 2.84. The third-order valence-electron chi connectivity index (χ3n) is 5.91. The molecule has 0 aromatic heterocycles. The van der Waals surface area contributed by atoms with E-state index in [1.165, 1.54) is 42.5 Å². The highest BCUT2D eigenvalue weighted by Crippen LogP contribution is 2.25. The highest BCUT2D eigenvalue weighted by molar-refractivity contribution is 6.30. The summed E-state index contributed by atoms with van der Waals surface area (Å²) < 4.78 is 47.3. The Balaban J connectivity index is 1.41. The highest BCUT2D eigenvalue weighted by Gasteiger charge is 2.25. The molecule has 0 unspecified atom stereocenters. The minimum Gasteiger partial charge on any atom is -0.367 e. The Labute approximate surface area is 201 Å². The van der Waals surface area contributed by atoms with Gasteiger partial charge in [-0.3, -0.25) is 9.69 Å². The van der Waals surface area contributed by atoms with Crippen LogP contribution in [0.3, 0.4) is 0 Å². The summed E-state index contributed by atoms with van der Waals surface area (Å²) in [6.07, 6.45) is -0.448. The number of benzene rings is 3. The Morgan fingerprint density at radius 3 is 2.12 bits per heavy atom. The lowest BCUT2D eigenvalue weighted by atomic mass is 10.1. The first kappa shape index (κ1) is 24.3. The fraction of sp³-hybridized carbons (Fsp3) is 0.269. The topological polar surface area (TPSA) is 32.8 Å². The third-order valence-corrected chi connectivity index (χ3v) is 6.16. The van der Waals surface area contributed by atoms with Crippen LogP contribution in [0.4, 0.5) is 13.2 Å². The maximum atomic E-state index is 14.1. The minimum atomic E-state index is -0.650. The number of nitrogens with zero attached hydrogens (tertiary/aromatic N) is 2. The first-order valence-corrected chi connectivity index (χ1v) is 11.4. The fourth-order valence-electron chi connectivity index (χ4n) is 3.93. The minimum absolute atomic E-state index is 0.115. The van der Waals surface area contributed by atoms with Gasteiger partial charge in [-0.1, -0.05) is 29.8 Å². The van der Waals surface area contributed by atoms with Gasteiger partial charge < -0.3 is 9.64 Å². The molecule has 3 aromatic carbocycles. The Morgan fingerprint density at radius 1 is 0.882 bits per heavy atom. The molecule has 8 heteroatoms. The largest absolute Gasteiger partial charge is 0.367 e. The molecule has 0 spiro atoms. The van der Waals surface area contributed by atoms with E-state index in [-0.39, 0.29) is 23.9 Å². The molecule has 1 heterocycles. The number of amides is 1. The second-order valence-electron chi connectivity index (χ2n) is 8.15. The quantitative estimate of drug-likeness (QED) is 0.442. The monoisotopic (exact) mass is 488 g/mol. The smallest absolute Gasteiger partial charge is 0.253 e. The van der Waals surface area contributed by atoms with Gasteiger partial charge in [0.2, 0.25) is 0 Å². The van der Waals surface area contributed by atoms with Crippen molar-refractivity contribution in [3.05, 3.63) is 106 Å². The zero-order chi connectivity index (χ0) is 24.1. The molecule has 3 aromatic rings. The molecule has 0 bridgehead atoms. The van der Waals surface area contributed by atoms with Crippen molar-refractivity contribution in [2.24, 2.45) is 0 Å². The van der Waals surface area contributed by atoms with Gasteiger partial charge in [-0.25, -0.2) is 13.2 Å². The van der Waals surface area contributed by atoms with Gasteiger partial charge >= 0.3 is 0 Å². The zero-order valence-electron chi connectivity index (χ0n) is 18.4. The predicted octanol–water partition coefficient (Wildman–Crippen LogP) is 5.47. The predicted molar refractivity (Wildman–Crippen MR) is 124 cm³/mol. The Morgan fingerprint density at radius 2 is 1.50 bits per heavy atom. The molecule has 1 aliphatic rings. The van der Waals surface area contributed by atoms with Crippen molar-refractivity contribution in [1.82, 2.24) is 9.80 Å². The van der Waals surface area contributed by atoms with Crippen LogP contribution < -0.4 is 0 Å². The van der Waals surface area contributed by atoms with E-state index in [0.29, 0.717) is 43.3 Å². The Bertz CT molecular complexity index is 1100. The van der Waals surface area contributed by atoms with Crippen molar-refractivity contribution < 1.29 is 22.7 Å². The summed E-state index contributed by atoms with van der Waals surface area (Å²) in [7, 11) is 0. The van der Waals surface area contributed by atoms with Gasteiger partial charge in [-0.15, -0.1) is 0 Å². The molecule has 1 aliphatic heterocycles. The number of hydrogen-bond donors (Lipinski definition) is 0. The van der Waals surface area contributed by atoms with E-state index in [1.807, 2.05) is 12.1 Å². The van der Waals surface area contributed by atoms with E-state index < -0.39 is 17.7 Å². The van der Waals surface area contributed by atoms with Gasteiger partial charge in [0, 0.05) is 48.9 Å².